The second-order valence-electron chi connectivity index (χ2n) is 5.74. The Labute approximate surface area is 122 Å². The average molecular weight is 271 g/mol. The van der Waals surface area contributed by atoms with E-state index in [0.29, 0.717) is 0 Å². The lowest BCUT2D eigenvalue weighted by Crippen LogP contribution is -2.32. The molecule has 116 valence electrons. The molecule has 0 aromatic rings. The van der Waals surface area contributed by atoms with Crippen LogP contribution in [0.15, 0.2) is 0 Å². The largest absolute Gasteiger partial charge is 0.258 e. The molecule has 0 atom stereocenters. The van der Waals surface area contributed by atoms with Crippen LogP contribution in [-0.4, -0.2) is 13.1 Å². The van der Waals surface area contributed by atoms with Crippen LogP contribution in [0.1, 0.15) is 97.3 Å². The number of hydrazine groups is 1. The molecule has 2 nitrogen and oxygen atoms in total. The van der Waals surface area contributed by atoms with Gasteiger partial charge in [0.05, 0.1) is 0 Å². The van der Waals surface area contributed by atoms with Crippen molar-refractivity contribution in [3.63, 3.8) is 0 Å². The second kappa shape index (κ2) is 17.9. The minimum absolute atomic E-state index is 1.08. The van der Waals surface area contributed by atoms with Crippen molar-refractivity contribution in [3.8, 4) is 0 Å². The van der Waals surface area contributed by atoms with E-state index in [1.807, 2.05) is 0 Å². The molecular weight excluding hydrogens is 232 g/mol. The van der Waals surface area contributed by atoms with Crippen molar-refractivity contribution in [3.05, 3.63) is 0 Å². The fourth-order valence-electron chi connectivity index (χ4n) is 2.36. The molecule has 0 fully saturated rings. The SMILES string of the molecule is CCCCCCCCCCCCCCNNCCC. The summed E-state index contributed by atoms with van der Waals surface area (Å²) in [6.07, 6.45) is 18.3. The Morgan fingerprint density at radius 1 is 0.421 bits per heavy atom. The maximum atomic E-state index is 3.27. The van der Waals surface area contributed by atoms with E-state index in [-0.39, 0.29) is 0 Å². The standard InChI is InChI=1S/C17H38N2/c1-3-5-6-7-8-9-10-11-12-13-14-15-17-19-18-16-4-2/h18-19H,3-17H2,1-2H3. The molecule has 0 aromatic carbocycles. The molecule has 0 saturated carbocycles. The number of hydrogen-bond acceptors (Lipinski definition) is 2. The van der Waals surface area contributed by atoms with Crippen LogP contribution in [0.25, 0.3) is 0 Å². The van der Waals surface area contributed by atoms with Gasteiger partial charge in [0, 0.05) is 13.1 Å². The van der Waals surface area contributed by atoms with Gasteiger partial charge in [0.15, 0.2) is 0 Å². The Hall–Kier alpha value is -0.0800. The summed E-state index contributed by atoms with van der Waals surface area (Å²) >= 11 is 0. The van der Waals surface area contributed by atoms with Crippen LogP contribution >= 0.6 is 0 Å². The first-order chi connectivity index (χ1) is 9.41. The molecule has 0 heterocycles. The third kappa shape index (κ3) is 17.9. The molecule has 0 unspecified atom stereocenters. The summed E-state index contributed by atoms with van der Waals surface area (Å²) in [5.74, 6) is 0. The molecular formula is C17H38N2. The Bertz CT molecular complexity index is 132. The molecule has 0 spiro atoms. The van der Waals surface area contributed by atoms with Crippen LogP contribution in [0.3, 0.4) is 0 Å². The van der Waals surface area contributed by atoms with E-state index in [9.17, 15) is 0 Å². The minimum Gasteiger partial charge on any atom is -0.258 e. The van der Waals surface area contributed by atoms with Gasteiger partial charge >= 0.3 is 0 Å². The van der Waals surface area contributed by atoms with Crippen molar-refractivity contribution < 1.29 is 0 Å². The summed E-state index contributed by atoms with van der Waals surface area (Å²) in [5, 5.41) is 0. The van der Waals surface area contributed by atoms with Crippen molar-refractivity contribution >= 4 is 0 Å². The molecule has 0 amide bonds. The molecule has 2 heteroatoms. The second-order valence-corrected chi connectivity index (χ2v) is 5.74. The van der Waals surface area contributed by atoms with Crippen molar-refractivity contribution in [2.45, 2.75) is 97.3 Å². The van der Waals surface area contributed by atoms with Gasteiger partial charge < -0.3 is 0 Å². The zero-order valence-corrected chi connectivity index (χ0v) is 13.6. The van der Waals surface area contributed by atoms with Gasteiger partial charge in [-0.25, -0.2) is 0 Å². The molecule has 0 saturated heterocycles. The summed E-state index contributed by atoms with van der Waals surface area (Å²) in [7, 11) is 0. The van der Waals surface area contributed by atoms with Crippen LogP contribution < -0.4 is 10.9 Å². The normalized spacial score (nSPS) is 11.1. The Morgan fingerprint density at radius 2 is 0.842 bits per heavy atom. The van der Waals surface area contributed by atoms with E-state index in [4.69, 9.17) is 0 Å². The van der Waals surface area contributed by atoms with Gasteiger partial charge in [0.1, 0.15) is 0 Å². The monoisotopic (exact) mass is 270 g/mol. The highest BCUT2D eigenvalue weighted by molar-refractivity contribution is 4.49. The van der Waals surface area contributed by atoms with Crippen LogP contribution in [0.4, 0.5) is 0 Å². The van der Waals surface area contributed by atoms with Crippen LogP contribution in [0.5, 0.6) is 0 Å². The van der Waals surface area contributed by atoms with E-state index in [1.54, 1.807) is 0 Å². The fraction of sp³-hybridized carbons (Fsp3) is 1.00. The summed E-state index contributed by atoms with van der Waals surface area (Å²) < 4.78 is 0. The summed E-state index contributed by atoms with van der Waals surface area (Å²) in [5.41, 5.74) is 6.50. The molecule has 0 aliphatic heterocycles. The number of unbranched alkanes of at least 4 members (excludes halogenated alkanes) is 11. The number of rotatable bonds is 16. The van der Waals surface area contributed by atoms with E-state index in [1.165, 1.54) is 83.5 Å². The summed E-state index contributed by atoms with van der Waals surface area (Å²) in [6.45, 7) is 6.68. The predicted octanol–water partition coefficient (Wildman–Crippen LogP) is 5.19. The van der Waals surface area contributed by atoms with Crippen LogP contribution in [0, 0.1) is 0 Å². The molecule has 0 radical (unpaired) electrons. The maximum absolute atomic E-state index is 3.27. The molecule has 0 aliphatic carbocycles. The Balaban J connectivity index is 2.88. The van der Waals surface area contributed by atoms with E-state index in [0.717, 1.165) is 13.1 Å². The van der Waals surface area contributed by atoms with Gasteiger partial charge in [-0.05, 0) is 12.8 Å². The molecule has 0 rings (SSSR count). The molecule has 0 aliphatic rings. The van der Waals surface area contributed by atoms with Gasteiger partial charge in [-0.2, -0.15) is 0 Å². The van der Waals surface area contributed by atoms with Crippen molar-refractivity contribution in [1.29, 1.82) is 0 Å². The number of hydrogen-bond donors (Lipinski definition) is 2. The lowest BCUT2D eigenvalue weighted by atomic mass is 10.1. The van der Waals surface area contributed by atoms with E-state index >= 15 is 0 Å². The maximum Gasteiger partial charge on any atom is 0.00997 e. The Kier molecular flexibility index (Phi) is 17.8. The summed E-state index contributed by atoms with van der Waals surface area (Å²) in [6, 6.07) is 0. The highest BCUT2D eigenvalue weighted by Gasteiger charge is 1.93. The zero-order valence-electron chi connectivity index (χ0n) is 13.6. The first-order valence-electron chi connectivity index (χ1n) is 8.87. The van der Waals surface area contributed by atoms with Crippen LogP contribution in [0.2, 0.25) is 0 Å². The van der Waals surface area contributed by atoms with Gasteiger partial charge in [-0.15, -0.1) is 0 Å². The first kappa shape index (κ1) is 18.9. The lowest BCUT2D eigenvalue weighted by Gasteiger charge is -2.05. The smallest absolute Gasteiger partial charge is 0.00997 e. The van der Waals surface area contributed by atoms with Gasteiger partial charge in [-0.1, -0.05) is 84.5 Å². The van der Waals surface area contributed by atoms with Gasteiger partial charge in [-0.3, -0.25) is 10.9 Å². The first-order valence-corrected chi connectivity index (χ1v) is 8.87. The predicted molar refractivity (Wildman–Crippen MR) is 87.4 cm³/mol. The van der Waals surface area contributed by atoms with Crippen molar-refractivity contribution in [1.82, 2.24) is 10.9 Å². The third-order valence-electron chi connectivity index (χ3n) is 3.66. The average Bonchev–Trinajstić information content (AvgIpc) is 2.43. The van der Waals surface area contributed by atoms with E-state index < -0.39 is 0 Å². The van der Waals surface area contributed by atoms with Gasteiger partial charge in [0.25, 0.3) is 0 Å². The Morgan fingerprint density at radius 3 is 1.32 bits per heavy atom. The highest BCUT2D eigenvalue weighted by Crippen LogP contribution is 2.11. The highest BCUT2D eigenvalue weighted by atomic mass is 15.3. The topological polar surface area (TPSA) is 24.1 Å². The number of nitrogens with one attached hydrogen (secondary N) is 2. The minimum atomic E-state index is 1.08. The summed E-state index contributed by atoms with van der Waals surface area (Å²) in [4.78, 5) is 0. The quantitative estimate of drug-likeness (QED) is 0.298. The lowest BCUT2D eigenvalue weighted by molar-refractivity contribution is 0.494. The van der Waals surface area contributed by atoms with Crippen molar-refractivity contribution in [2.24, 2.45) is 0 Å². The van der Waals surface area contributed by atoms with Crippen molar-refractivity contribution in [2.75, 3.05) is 13.1 Å². The molecule has 2 N–H and O–H groups in total. The molecule has 19 heavy (non-hydrogen) atoms. The van der Waals surface area contributed by atoms with Crippen LogP contribution in [-0.2, 0) is 0 Å². The third-order valence-corrected chi connectivity index (χ3v) is 3.66. The molecule has 0 aromatic heterocycles. The van der Waals surface area contributed by atoms with Gasteiger partial charge in [0.2, 0.25) is 0 Å². The zero-order chi connectivity index (χ0) is 14.0. The molecule has 0 bridgehead atoms. The fourth-order valence-corrected chi connectivity index (χ4v) is 2.36. The van der Waals surface area contributed by atoms with E-state index in [2.05, 4.69) is 24.7 Å².